The maximum atomic E-state index is 12.0. The molecule has 7 heteroatoms. The predicted molar refractivity (Wildman–Crippen MR) is 89.4 cm³/mol. The summed E-state index contributed by atoms with van der Waals surface area (Å²) in [6.07, 6.45) is -0.333. The SMILES string of the molecule is CO[C@H](C)CS(=O)(=O)NCc1sc(-c2ccccc2)nc1C. The van der Waals surface area contributed by atoms with Crippen LogP contribution in [-0.2, 0) is 21.3 Å². The number of thiazole rings is 1. The minimum absolute atomic E-state index is 0.0487. The first kappa shape index (κ1) is 17.1. The van der Waals surface area contributed by atoms with Crippen molar-refractivity contribution < 1.29 is 13.2 Å². The van der Waals surface area contributed by atoms with Crippen LogP contribution in [0.2, 0.25) is 0 Å². The number of aromatic nitrogens is 1. The molecule has 0 bridgehead atoms. The molecule has 0 spiro atoms. The van der Waals surface area contributed by atoms with Gasteiger partial charge in [0.15, 0.2) is 0 Å². The third kappa shape index (κ3) is 4.61. The van der Waals surface area contributed by atoms with E-state index in [0.29, 0.717) is 0 Å². The summed E-state index contributed by atoms with van der Waals surface area (Å²) in [5.74, 6) is -0.0487. The molecule has 1 atom stereocenters. The summed E-state index contributed by atoms with van der Waals surface area (Å²) in [5, 5.41) is 0.901. The number of nitrogens with one attached hydrogen (secondary N) is 1. The second kappa shape index (κ2) is 7.32. The highest BCUT2D eigenvalue weighted by Crippen LogP contribution is 2.27. The van der Waals surface area contributed by atoms with Crippen LogP contribution in [0.1, 0.15) is 17.5 Å². The highest BCUT2D eigenvalue weighted by molar-refractivity contribution is 7.89. The number of aryl methyl sites for hydroxylation is 1. The quantitative estimate of drug-likeness (QED) is 0.841. The summed E-state index contributed by atoms with van der Waals surface area (Å²) in [6.45, 7) is 3.88. The summed E-state index contributed by atoms with van der Waals surface area (Å²) >= 11 is 1.51. The predicted octanol–water partition coefficient (Wildman–Crippen LogP) is 2.57. The zero-order valence-corrected chi connectivity index (χ0v) is 14.5. The molecule has 5 nitrogen and oxygen atoms in total. The van der Waals surface area contributed by atoms with Crippen LogP contribution in [0.4, 0.5) is 0 Å². The van der Waals surface area contributed by atoms with Crippen LogP contribution in [0, 0.1) is 6.92 Å². The molecule has 0 aliphatic carbocycles. The molecule has 2 rings (SSSR count). The largest absolute Gasteiger partial charge is 0.381 e. The Hall–Kier alpha value is -1.28. The lowest BCUT2D eigenvalue weighted by Crippen LogP contribution is -2.31. The van der Waals surface area contributed by atoms with Crippen molar-refractivity contribution in [3.05, 3.63) is 40.9 Å². The van der Waals surface area contributed by atoms with Gasteiger partial charge in [-0.25, -0.2) is 18.1 Å². The van der Waals surface area contributed by atoms with Gasteiger partial charge in [-0.05, 0) is 13.8 Å². The van der Waals surface area contributed by atoms with Gasteiger partial charge in [0.2, 0.25) is 10.0 Å². The van der Waals surface area contributed by atoms with Gasteiger partial charge in [-0.1, -0.05) is 30.3 Å². The Balaban J connectivity index is 2.07. The van der Waals surface area contributed by atoms with Gasteiger partial charge < -0.3 is 4.74 Å². The van der Waals surface area contributed by atoms with Gasteiger partial charge in [0.25, 0.3) is 0 Å². The van der Waals surface area contributed by atoms with Crippen LogP contribution in [0.3, 0.4) is 0 Å². The molecule has 1 heterocycles. The van der Waals surface area contributed by atoms with Crippen molar-refractivity contribution in [2.45, 2.75) is 26.5 Å². The summed E-state index contributed by atoms with van der Waals surface area (Å²) < 4.78 is 31.5. The number of sulfonamides is 1. The van der Waals surface area contributed by atoms with Crippen molar-refractivity contribution in [2.24, 2.45) is 0 Å². The number of nitrogens with zero attached hydrogens (tertiary/aromatic N) is 1. The molecule has 0 saturated heterocycles. The fraction of sp³-hybridized carbons (Fsp3) is 0.400. The lowest BCUT2D eigenvalue weighted by molar-refractivity contribution is 0.136. The maximum Gasteiger partial charge on any atom is 0.214 e. The van der Waals surface area contributed by atoms with E-state index >= 15 is 0 Å². The van der Waals surface area contributed by atoms with Gasteiger partial charge in [0, 0.05) is 24.1 Å². The van der Waals surface area contributed by atoms with Gasteiger partial charge in [0.1, 0.15) is 5.01 Å². The van der Waals surface area contributed by atoms with Gasteiger partial charge in [0.05, 0.1) is 17.6 Å². The van der Waals surface area contributed by atoms with Crippen molar-refractivity contribution >= 4 is 21.4 Å². The Labute approximate surface area is 135 Å². The first-order valence-corrected chi connectivity index (χ1v) is 9.40. The third-order valence-electron chi connectivity index (χ3n) is 3.22. The second-order valence-corrected chi connectivity index (χ2v) is 7.98. The maximum absolute atomic E-state index is 12.0. The normalized spacial score (nSPS) is 13.2. The van der Waals surface area contributed by atoms with Crippen LogP contribution in [0.25, 0.3) is 10.6 Å². The Morgan fingerprint density at radius 1 is 1.32 bits per heavy atom. The summed E-state index contributed by atoms with van der Waals surface area (Å²) in [4.78, 5) is 5.44. The van der Waals surface area contributed by atoms with Gasteiger partial charge >= 0.3 is 0 Å². The first-order chi connectivity index (χ1) is 10.4. The van der Waals surface area contributed by atoms with Crippen molar-refractivity contribution in [1.29, 1.82) is 0 Å². The highest BCUT2D eigenvalue weighted by Gasteiger charge is 2.17. The Morgan fingerprint density at radius 3 is 2.64 bits per heavy atom. The molecule has 1 N–H and O–H groups in total. The number of rotatable bonds is 7. The average Bonchev–Trinajstić information content (AvgIpc) is 2.87. The van der Waals surface area contributed by atoms with Crippen LogP contribution >= 0.6 is 11.3 Å². The van der Waals surface area contributed by atoms with Crippen LogP contribution in [0.5, 0.6) is 0 Å². The molecule has 0 unspecified atom stereocenters. The molecular formula is C15H20N2O3S2. The fourth-order valence-corrected chi connectivity index (χ4v) is 4.24. The van der Waals surface area contributed by atoms with E-state index in [4.69, 9.17) is 4.74 Å². The van der Waals surface area contributed by atoms with Crippen LogP contribution in [0.15, 0.2) is 30.3 Å². The van der Waals surface area contributed by atoms with E-state index in [1.54, 1.807) is 6.92 Å². The molecule has 0 aliphatic heterocycles. The van der Waals surface area contributed by atoms with E-state index in [1.807, 2.05) is 37.3 Å². The molecule has 0 saturated carbocycles. The molecule has 0 fully saturated rings. The Morgan fingerprint density at radius 2 is 2.00 bits per heavy atom. The molecule has 1 aromatic carbocycles. The molecule has 0 amide bonds. The van der Waals surface area contributed by atoms with Crippen molar-refractivity contribution in [3.63, 3.8) is 0 Å². The van der Waals surface area contributed by atoms with Crippen LogP contribution in [-0.4, -0.2) is 32.4 Å². The van der Waals surface area contributed by atoms with E-state index in [0.717, 1.165) is 21.1 Å². The van der Waals surface area contributed by atoms with Crippen molar-refractivity contribution in [1.82, 2.24) is 9.71 Å². The topological polar surface area (TPSA) is 68.3 Å². The van der Waals surface area contributed by atoms with E-state index < -0.39 is 10.0 Å². The summed E-state index contributed by atoms with van der Waals surface area (Å²) in [6, 6.07) is 9.86. The van der Waals surface area contributed by atoms with Gasteiger partial charge in [-0.3, -0.25) is 0 Å². The molecule has 22 heavy (non-hydrogen) atoms. The Bertz CT molecular complexity index is 712. The van der Waals surface area contributed by atoms with E-state index in [-0.39, 0.29) is 18.4 Å². The number of hydrogen-bond donors (Lipinski definition) is 1. The number of methoxy groups -OCH3 is 1. The van der Waals surface area contributed by atoms with Crippen LogP contribution < -0.4 is 4.72 Å². The lowest BCUT2D eigenvalue weighted by atomic mass is 10.2. The van der Waals surface area contributed by atoms with E-state index in [9.17, 15) is 8.42 Å². The number of ether oxygens (including phenoxy) is 1. The Kier molecular flexibility index (Phi) is 5.69. The number of hydrogen-bond acceptors (Lipinski definition) is 5. The van der Waals surface area contributed by atoms with Gasteiger partial charge in [-0.15, -0.1) is 11.3 Å². The summed E-state index contributed by atoms with van der Waals surface area (Å²) in [5.41, 5.74) is 1.89. The molecule has 0 aliphatic rings. The molecule has 120 valence electrons. The first-order valence-electron chi connectivity index (χ1n) is 6.93. The zero-order chi connectivity index (χ0) is 16.2. The minimum atomic E-state index is -3.36. The third-order valence-corrected chi connectivity index (χ3v) is 5.92. The van der Waals surface area contributed by atoms with Gasteiger partial charge in [-0.2, -0.15) is 0 Å². The van der Waals surface area contributed by atoms with Crippen molar-refractivity contribution in [2.75, 3.05) is 12.9 Å². The highest BCUT2D eigenvalue weighted by atomic mass is 32.2. The zero-order valence-electron chi connectivity index (χ0n) is 12.9. The summed E-state index contributed by atoms with van der Waals surface area (Å²) in [7, 11) is -1.86. The molecular weight excluding hydrogens is 320 g/mol. The number of benzene rings is 1. The second-order valence-electron chi connectivity index (χ2n) is 5.04. The molecule has 1 aromatic heterocycles. The lowest BCUT2D eigenvalue weighted by Gasteiger charge is -2.10. The average molecular weight is 340 g/mol. The standard InChI is InChI=1S/C15H20N2O3S2/c1-11(20-3)10-22(18,19)16-9-14-12(2)17-15(21-14)13-7-5-4-6-8-13/h4-8,11,16H,9-10H2,1-3H3/t11-/m1/s1. The molecule has 2 aromatic rings. The fourth-order valence-electron chi connectivity index (χ4n) is 1.91. The monoisotopic (exact) mass is 340 g/mol. The molecule has 0 radical (unpaired) electrons. The minimum Gasteiger partial charge on any atom is -0.381 e. The van der Waals surface area contributed by atoms with E-state index in [2.05, 4.69) is 9.71 Å². The van der Waals surface area contributed by atoms with E-state index in [1.165, 1.54) is 18.4 Å². The smallest absolute Gasteiger partial charge is 0.214 e. The van der Waals surface area contributed by atoms with Crippen molar-refractivity contribution in [3.8, 4) is 10.6 Å².